The fourth-order valence-electron chi connectivity index (χ4n) is 3.20. The van der Waals surface area contributed by atoms with Crippen LogP contribution in [0, 0.1) is 6.92 Å². The molecule has 0 spiro atoms. The molecule has 1 aromatic carbocycles. The molecule has 1 aliphatic heterocycles. The van der Waals surface area contributed by atoms with Gasteiger partial charge in [0.1, 0.15) is 5.69 Å². The molecule has 1 aliphatic rings. The first-order valence-corrected chi connectivity index (χ1v) is 10.4. The molecule has 8 nitrogen and oxygen atoms in total. The first kappa shape index (κ1) is 19.2. The lowest BCUT2D eigenvalue weighted by Crippen LogP contribution is -2.24. The topological polar surface area (TPSA) is 99.5 Å². The zero-order valence-corrected chi connectivity index (χ0v) is 16.4. The van der Waals surface area contributed by atoms with Crippen LogP contribution in [-0.2, 0) is 16.4 Å². The van der Waals surface area contributed by atoms with E-state index >= 15 is 0 Å². The van der Waals surface area contributed by atoms with Crippen molar-refractivity contribution in [3.63, 3.8) is 0 Å². The lowest BCUT2D eigenvalue weighted by molar-refractivity contribution is 0.0944. The highest BCUT2D eigenvalue weighted by molar-refractivity contribution is 7.91. The second-order valence-corrected chi connectivity index (χ2v) is 8.77. The largest absolute Gasteiger partial charge is 0.493 e. The van der Waals surface area contributed by atoms with Crippen LogP contribution in [0.5, 0.6) is 11.5 Å². The van der Waals surface area contributed by atoms with Crippen LogP contribution in [0.15, 0.2) is 24.3 Å². The zero-order valence-electron chi connectivity index (χ0n) is 15.6. The Morgan fingerprint density at radius 2 is 2.00 bits per heavy atom. The summed E-state index contributed by atoms with van der Waals surface area (Å²) in [6, 6.07) is 6.89. The summed E-state index contributed by atoms with van der Waals surface area (Å²) in [5, 5.41) is 7.15. The standard InChI is InChI=1S/C18H23N3O5S/c1-12-8-15(20-21(12)14-6-7-27(23,24)11-14)18(22)19-10-13-4-5-16(25-2)17(9-13)26-3/h4-5,8-9,14H,6-7,10-11H2,1-3H3,(H,19,22). The summed E-state index contributed by atoms with van der Waals surface area (Å²) in [6.07, 6.45) is 0.525. The Kier molecular flexibility index (Phi) is 5.41. The molecule has 9 heteroatoms. The Bertz CT molecular complexity index is 952. The summed E-state index contributed by atoms with van der Waals surface area (Å²) in [6.45, 7) is 2.13. The number of ether oxygens (including phenoxy) is 2. The van der Waals surface area contributed by atoms with E-state index in [1.807, 2.05) is 13.0 Å². The summed E-state index contributed by atoms with van der Waals surface area (Å²) in [4.78, 5) is 12.4. The van der Waals surface area contributed by atoms with Crippen molar-refractivity contribution in [2.24, 2.45) is 0 Å². The van der Waals surface area contributed by atoms with E-state index in [9.17, 15) is 13.2 Å². The maximum atomic E-state index is 12.4. The number of amides is 1. The van der Waals surface area contributed by atoms with E-state index in [1.54, 1.807) is 37.1 Å². The molecular formula is C18H23N3O5S. The molecule has 1 N–H and O–H groups in total. The first-order valence-electron chi connectivity index (χ1n) is 8.58. The number of carbonyl (C=O) groups excluding carboxylic acids is 1. The highest BCUT2D eigenvalue weighted by Gasteiger charge is 2.31. The minimum atomic E-state index is -3.01. The molecule has 1 atom stereocenters. The van der Waals surface area contributed by atoms with Gasteiger partial charge < -0.3 is 14.8 Å². The van der Waals surface area contributed by atoms with Crippen molar-refractivity contribution in [1.82, 2.24) is 15.1 Å². The van der Waals surface area contributed by atoms with Crippen LogP contribution in [0.1, 0.15) is 34.2 Å². The fourth-order valence-corrected chi connectivity index (χ4v) is 4.89. The van der Waals surface area contributed by atoms with Crippen molar-refractivity contribution in [1.29, 1.82) is 0 Å². The number of rotatable bonds is 6. The number of aromatic nitrogens is 2. The van der Waals surface area contributed by atoms with Crippen LogP contribution in [0.25, 0.3) is 0 Å². The van der Waals surface area contributed by atoms with Gasteiger partial charge in [0.15, 0.2) is 21.3 Å². The third kappa shape index (κ3) is 4.24. The number of sulfone groups is 1. The third-order valence-corrected chi connectivity index (χ3v) is 6.36. The van der Waals surface area contributed by atoms with E-state index in [2.05, 4.69) is 10.4 Å². The normalized spacial score (nSPS) is 18.3. The summed E-state index contributed by atoms with van der Waals surface area (Å²) in [7, 11) is 0.104. The second-order valence-electron chi connectivity index (χ2n) is 6.54. The van der Waals surface area contributed by atoms with Crippen molar-refractivity contribution in [3.8, 4) is 11.5 Å². The van der Waals surface area contributed by atoms with Crippen LogP contribution in [-0.4, -0.2) is 49.8 Å². The molecule has 1 amide bonds. The summed E-state index contributed by atoms with van der Waals surface area (Å²) in [5.74, 6) is 1.13. The molecule has 3 rings (SSSR count). The predicted octanol–water partition coefficient (Wildman–Crippen LogP) is 1.50. The molecule has 0 aliphatic carbocycles. The number of hydrogen-bond donors (Lipinski definition) is 1. The Morgan fingerprint density at radius 3 is 2.63 bits per heavy atom. The number of carbonyl (C=O) groups is 1. The first-order chi connectivity index (χ1) is 12.8. The Hall–Kier alpha value is -2.55. The van der Waals surface area contributed by atoms with Crippen LogP contribution in [0.4, 0.5) is 0 Å². The van der Waals surface area contributed by atoms with Gasteiger partial charge in [0.25, 0.3) is 5.91 Å². The molecule has 27 heavy (non-hydrogen) atoms. The van der Waals surface area contributed by atoms with Crippen LogP contribution in [0.3, 0.4) is 0 Å². The summed E-state index contributed by atoms with van der Waals surface area (Å²) in [5.41, 5.74) is 1.91. The van der Waals surface area contributed by atoms with Crippen molar-refractivity contribution >= 4 is 15.7 Å². The van der Waals surface area contributed by atoms with E-state index in [-0.39, 0.29) is 29.1 Å². The highest BCUT2D eigenvalue weighted by atomic mass is 32.2. The minimum absolute atomic E-state index is 0.0716. The van der Waals surface area contributed by atoms with E-state index in [0.29, 0.717) is 24.5 Å². The van der Waals surface area contributed by atoms with Crippen LogP contribution < -0.4 is 14.8 Å². The van der Waals surface area contributed by atoms with Gasteiger partial charge in [-0.1, -0.05) is 6.07 Å². The number of benzene rings is 1. The molecule has 146 valence electrons. The summed E-state index contributed by atoms with van der Waals surface area (Å²) < 4.78 is 35.5. The quantitative estimate of drug-likeness (QED) is 0.798. The average molecular weight is 393 g/mol. The minimum Gasteiger partial charge on any atom is -0.493 e. The third-order valence-electron chi connectivity index (χ3n) is 4.61. The summed E-state index contributed by atoms with van der Waals surface area (Å²) >= 11 is 0. The highest BCUT2D eigenvalue weighted by Crippen LogP contribution is 2.27. The van der Waals surface area contributed by atoms with Gasteiger partial charge in [-0.25, -0.2) is 8.42 Å². The van der Waals surface area contributed by atoms with Gasteiger partial charge in [-0.05, 0) is 37.1 Å². The molecule has 2 aromatic rings. The van der Waals surface area contributed by atoms with Gasteiger partial charge in [-0.3, -0.25) is 9.48 Å². The Labute approximate surface area is 158 Å². The van der Waals surface area contributed by atoms with E-state index in [4.69, 9.17) is 9.47 Å². The van der Waals surface area contributed by atoms with Crippen molar-refractivity contribution in [3.05, 3.63) is 41.2 Å². The van der Waals surface area contributed by atoms with Crippen molar-refractivity contribution < 1.29 is 22.7 Å². The van der Waals surface area contributed by atoms with Gasteiger partial charge >= 0.3 is 0 Å². The maximum absolute atomic E-state index is 12.4. The van der Waals surface area contributed by atoms with Gasteiger partial charge in [0, 0.05) is 12.2 Å². The van der Waals surface area contributed by atoms with Gasteiger partial charge in [-0.2, -0.15) is 5.10 Å². The molecule has 1 aromatic heterocycles. The van der Waals surface area contributed by atoms with E-state index in [0.717, 1.165) is 11.3 Å². The lowest BCUT2D eigenvalue weighted by Gasteiger charge is -2.11. The second kappa shape index (κ2) is 7.59. The molecular weight excluding hydrogens is 370 g/mol. The molecule has 1 saturated heterocycles. The van der Waals surface area contributed by atoms with Gasteiger partial charge in [0.05, 0.1) is 31.8 Å². The molecule has 1 fully saturated rings. The predicted molar refractivity (Wildman–Crippen MR) is 100.0 cm³/mol. The number of hydrogen-bond acceptors (Lipinski definition) is 6. The SMILES string of the molecule is COc1ccc(CNC(=O)c2cc(C)n(C3CCS(=O)(=O)C3)n2)cc1OC. The number of methoxy groups -OCH3 is 2. The Balaban J connectivity index is 1.68. The molecule has 0 bridgehead atoms. The lowest BCUT2D eigenvalue weighted by atomic mass is 10.2. The molecule has 0 saturated carbocycles. The van der Waals surface area contributed by atoms with Gasteiger partial charge in [-0.15, -0.1) is 0 Å². The smallest absolute Gasteiger partial charge is 0.272 e. The van der Waals surface area contributed by atoms with Crippen LogP contribution in [0.2, 0.25) is 0 Å². The van der Waals surface area contributed by atoms with Crippen LogP contribution >= 0.6 is 0 Å². The monoisotopic (exact) mass is 393 g/mol. The average Bonchev–Trinajstić information content (AvgIpc) is 3.21. The number of nitrogens with zero attached hydrogens (tertiary/aromatic N) is 2. The number of nitrogens with one attached hydrogen (secondary N) is 1. The number of aryl methyl sites for hydroxylation is 1. The molecule has 1 unspecified atom stereocenters. The Morgan fingerprint density at radius 1 is 1.26 bits per heavy atom. The molecule has 2 heterocycles. The molecule has 0 radical (unpaired) electrons. The fraction of sp³-hybridized carbons (Fsp3) is 0.444. The maximum Gasteiger partial charge on any atom is 0.272 e. The van der Waals surface area contributed by atoms with Crippen molar-refractivity contribution in [2.45, 2.75) is 25.9 Å². The van der Waals surface area contributed by atoms with Crippen molar-refractivity contribution in [2.75, 3.05) is 25.7 Å². The zero-order chi connectivity index (χ0) is 19.6. The van der Waals surface area contributed by atoms with E-state index in [1.165, 1.54) is 0 Å². The van der Waals surface area contributed by atoms with E-state index < -0.39 is 9.84 Å². The van der Waals surface area contributed by atoms with Gasteiger partial charge in [0.2, 0.25) is 0 Å².